The zero-order chi connectivity index (χ0) is 13.4. The van der Waals surface area contributed by atoms with Crippen LogP contribution in [-0.2, 0) is 0 Å². The van der Waals surface area contributed by atoms with Gasteiger partial charge in [-0.15, -0.1) is 0 Å². The lowest BCUT2D eigenvalue weighted by atomic mass is 10.2. The molecule has 0 atom stereocenters. The molecule has 0 aliphatic heterocycles. The quantitative estimate of drug-likeness (QED) is 0.743. The number of nitrogens with one attached hydrogen (secondary N) is 2. The normalized spacial score (nSPS) is 10.9. The molecule has 0 saturated heterocycles. The Morgan fingerprint density at radius 2 is 2.05 bits per heavy atom. The standard InChI is InChI=1S/C12H9F2N5/c1-15-12-9(14)5-18-11(19-12)8-4-17-10-7(8)2-6(13)3-16-10/h2-5H,1H3,(H,16,17)(H,15,18,19). The third-order valence-corrected chi connectivity index (χ3v) is 2.72. The summed E-state index contributed by atoms with van der Waals surface area (Å²) >= 11 is 0. The Kier molecular flexibility index (Phi) is 2.59. The van der Waals surface area contributed by atoms with Crippen molar-refractivity contribution in [2.75, 3.05) is 12.4 Å². The molecule has 3 rings (SSSR count). The number of aromatic amines is 1. The topological polar surface area (TPSA) is 66.5 Å². The summed E-state index contributed by atoms with van der Waals surface area (Å²) in [7, 11) is 1.56. The molecule has 3 aromatic heterocycles. The van der Waals surface area contributed by atoms with Crippen molar-refractivity contribution in [1.29, 1.82) is 0 Å². The highest BCUT2D eigenvalue weighted by molar-refractivity contribution is 5.91. The predicted octanol–water partition coefficient (Wildman–Crippen LogP) is 2.34. The van der Waals surface area contributed by atoms with Gasteiger partial charge in [-0.25, -0.2) is 23.7 Å². The average Bonchev–Trinajstić information content (AvgIpc) is 2.82. The number of pyridine rings is 1. The molecule has 2 N–H and O–H groups in total. The summed E-state index contributed by atoms with van der Waals surface area (Å²) in [6.45, 7) is 0. The van der Waals surface area contributed by atoms with E-state index in [1.807, 2.05) is 0 Å². The number of H-pyrrole nitrogens is 1. The van der Waals surface area contributed by atoms with E-state index >= 15 is 0 Å². The number of fused-ring (bicyclic) bond motifs is 1. The Morgan fingerprint density at radius 3 is 2.84 bits per heavy atom. The highest BCUT2D eigenvalue weighted by atomic mass is 19.1. The first kappa shape index (κ1) is 11.5. The molecule has 19 heavy (non-hydrogen) atoms. The summed E-state index contributed by atoms with van der Waals surface area (Å²) in [6.07, 6.45) is 3.80. The molecular formula is C12H9F2N5. The van der Waals surface area contributed by atoms with Gasteiger partial charge in [0.2, 0.25) is 0 Å². The fraction of sp³-hybridized carbons (Fsp3) is 0.0833. The van der Waals surface area contributed by atoms with Gasteiger partial charge in [0.1, 0.15) is 11.5 Å². The third kappa shape index (κ3) is 1.88. The van der Waals surface area contributed by atoms with Gasteiger partial charge in [0.25, 0.3) is 0 Å². The predicted molar refractivity (Wildman–Crippen MR) is 66.6 cm³/mol. The fourth-order valence-corrected chi connectivity index (χ4v) is 1.84. The van der Waals surface area contributed by atoms with Gasteiger partial charge in [-0.3, -0.25) is 0 Å². The minimum atomic E-state index is -0.546. The van der Waals surface area contributed by atoms with E-state index in [9.17, 15) is 8.78 Å². The summed E-state index contributed by atoms with van der Waals surface area (Å²) in [5, 5.41) is 3.18. The molecule has 0 bridgehead atoms. The first-order valence-electron chi connectivity index (χ1n) is 5.52. The first-order chi connectivity index (χ1) is 9.19. The maximum Gasteiger partial charge on any atom is 0.183 e. The van der Waals surface area contributed by atoms with Crippen molar-refractivity contribution in [3.8, 4) is 11.4 Å². The lowest BCUT2D eigenvalue weighted by molar-refractivity contribution is 0.619. The minimum Gasteiger partial charge on any atom is -0.371 e. The zero-order valence-corrected chi connectivity index (χ0v) is 9.91. The largest absolute Gasteiger partial charge is 0.371 e. The van der Waals surface area contributed by atoms with E-state index in [0.717, 1.165) is 12.4 Å². The van der Waals surface area contributed by atoms with Gasteiger partial charge < -0.3 is 10.3 Å². The van der Waals surface area contributed by atoms with Gasteiger partial charge in [0, 0.05) is 24.2 Å². The van der Waals surface area contributed by atoms with Gasteiger partial charge in [-0.05, 0) is 6.07 Å². The zero-order valence-electron chi connectivity index (χ0n) is 9.91. The molecule has 0 aliphatic rings. The van der Waals surface area contributed by atoms with Crippen molar-refractivity contribution >= 4 is 16.9 Å². The Balaban J connectivity index is 2.21. The van der Waals surface area contributed by atoms with E-state index in [2.05, 4.69) is 25.3 Å². The van der Waals surface area contributed by atoms with E-state index in [1.54, 1.807) is 13.2 Å². The van der Waals surface area contributed by atoms with Crippen molar-refractivity contribution in [3.63, 3.8) is 0 Å². The molecule has 0 unspecified atom stereocenters. The Morgan fingerprint density at radius 1 is 1.21 bits per heavy atom. The van der Waals surface area contributed by atoms with Crippen LogP contribution in [0.1, 0.15) is 0 Å². The summed E-state index contributed by atoms with van der Waals surface area (Å²) in [4.78, 5) is 14.8. The second kappa shape index (κ2) is 4.27. The van der Waals surface area contributed by atoms with Crippen LogP contribution in [0.25, 0.3) is 22.4 Å². The number of hydrogen-bond acceptors (Lipinski definition) is 4. The van der Waals surface area contributed by atoms with E-state index in [4.69, 9.17) is 0 Å². The van der Waals surface area contributed by atoms with Crippen molar-refractivity contribution in [2.24, 2.45) is 0 Å². The van der Waals surface area contributed by atoms with Gasteiger partial charge in [0.05, 0.1) is 12.4 Å². The van der Waals surface area contributed by atoms with Gasteiger partial charge in [-0.2, -0.15) is 0 Å². The number of rotatable bonds is 2. The van der Waals surface area contributed by atoms with Crippen LogP contribution in [0, 0.1) is 11.6 Å². The van der Waals surface area contributed by atoms with E-state index in [1.165, 1.54) is 6.07 Å². The summed E-state index contributed by atoms with van der Waals surface area (Å²) in [6, 6.07) is 1.33. The highest BCUT2D eigenvalue weighted by Gasteiger charge is 2.12. The summed E-state index contributed by atoms with van der Waals surface area (Å²) < 4.78 is 26.6. The molecule has 0 amide bonds. The van der Waals surface area contributed by atoms with Crippen LogP contribution in [0.3, 0.4) is 0 Å². The van der Waals surface area contributed by atoms with E-state index in [-0.39, 0.29) is 5.82 Å². The molecule has 3 heterocycles. The smallest absolute Gasteiger partial charge is 0.183 e. The monoisotopic (exact) mass is 261 g/mol. The maximum absolute atomic E-state index is 13.3. The minimum absolute atomic E-state index is 0.0868. The second-order valence-corrected chi connectivity index (χ2v) is 3.89. The number of nitrogens with zero attached hydrogens (tertiary/aromatic N) is 3. The number of anilines is 1. The second-order valence-electron chi connectivity index (χ2n) is 3.89. The molecule has 0 fully saturated rings. The van der Waals surface area contributed by atoms with Gasteiger partial charge in [0.15, 0.2) is 17.5 Å². The van der Waals surface area contributed by atoms with Crippen molar-refractivity contribution in [1.82, 2.24) is 19.9 Å². The Labute approximate surface area is 106 Å². The molecule has 0 aliphatic carbocycles. The molecule has 7 heteroatoms. The molecule has 3 aromatic rings. The lowest BCUT2D eigenvalue weighted by Gasteiger charge is -2.03. The Bertz CT molecular complexity index is 753. The highest BCUT2D eigenvalue weighted by Crippen LogP contribution is 2.26. The van der Waals surface area contributed by atoms with E-state index in [0.29, 0.717) is 22.4 Å². The first-order valence-corrected chi connectivity index (χ1v) is 5.52. The van der Waals surface area contributed by atoms with Gasteiger partial charge in [-0.1, -0.05) is 0 Å². The fourth-order valence-electron chi connectivity index (χ4n) is 1.84. The average molecular weight is 261 g/mol. The summed E-state index contributed by atoms with van der Waals surface area (Å²) in [5.41, 5.74) is 1.09. The van der Waals surface area contributed by atoms with Crippen LogP contribution < -0.4 is 5.32 Å². The molecule has 0 aromatic carbocycles. The van der Waals surface area contributed by atoms with Crippen molar-refractivity contribution in [2.45, 2.75) is 0 Å². The molecule has 96 valence electrons. The molecular weight excluding hydrogens is 252 g/mol. The van der Waals surface area contributed by atoms with Gasteiger partial charge >= 0.3 is 0 Å². The SMILES string of the molecule is CNc1nc(-c2c[nH]c3ncc(F)cc23)ncc1F. The van der Waals surface area contributed by atoms with Crippen LogP contribution in [0.2, 0.25) is 0 Å². The third-order valence-electron chi connectivity index (χ3n) is 2.72. The number of hydrogen-bond donors (Lipinski definition) is 2. The maximum atomic E-state index is 13.3. The molecule has 0 spiro atoms. The van der Waals surface area contributed by atoms with Crippen LogP contribution in [-0.4, -0.2) is 27.0 Å². The molecule has 0 saturated carbocycles. The lowest BCUT2D eigenvalue weighted by Crippen LogP contribution is -1.99. The van der Waals surface area contributed by atoms with Crippen molar-refractivity contribution < 1.29 is 8.78 Å². The molecule has 0 radical (unpaired) electrons. The molecule has 5 nitrogen and oxygen atoms in total. The number of halogens is 2. The van der Waals surface area contributed by atoms with E-state index < -0.39 is 11.6 Å². The van der Waals surface area contributed by atoms with Crippen LogP contribution in [0.15, 0.2) is 24.7 Å². The Hall–Kier alpha value is -2.57. The number of aromatic nitrogens is 4. The van der Waals surface area contributed by atoms with Crippen molar-refractivity contribution in [3.05, 3.63) is 36.3 Å². The van der Waals surface area contributed by atoms with Crippen LogP contribution in [0.5, 0.6) is 0 Å². The summed E-state index contributed by atoms with van der Waals surface area (Å²) in [5.74, 6) is -0.618. The van der Waals surface area contributed by atoms with Crippen LogP contribution in [0.4, 0.5) is 14.6 Å². The van der Waals surface area contributed by atoms with Crippen LogP contribution >= 0.6 is 0 Å².